The molecule has 2 rings (SSSR count). The molecule has 19 heavy (non-hydrogen) atoms. The number of hydrogen-bond acceptors (Lipinski definition) is 4. The average Bonchev–Trinajstić information content (AvgIpc) is 2.39. The van der Waals surface area contributed by atoms with Crippen molar-refractivity contribution in [3.8, 4) is 0 Å². The topological polar surface area (TPSA) is 80.9 Å². The second-order valence-electron chi connectivity index (χ2n) is 4.27. The molecule has 2 aromatic rings. The van der Waals surface area contributed by atoms with Gasteiger partial charge in [0.2, 0.25) is 5.91 Å². The summed E-state index contributed by atoms with van der Waals surface area (Å²) in [5, 5.41) is 2.82. The molecule has 0 spiro atoms. The summed E-state index contributed by atoms with van der Waals surface area (Å²) in [6.07, 6.45) is 0.978. The number of para-hydroxylation sites is 2. The first kappa shape index (κ1) is 13.7. The van der Waals surface area contributed by atoms with Crippen molar-refractivity contribution in [3.05, 3.63) is 29.4 Å². The number of amides is 1. The first-order chi connectivity index (χ1) is 9.10. The van der Waals surface area contributed by atoms with E-state index in [1.807, 2.05) is 31.2 Å². The van der Waals surface area contributed by atoms with Crippen LogP contribution in [-0.2, 0) is 4.79 Å². The van der Waals surface area contributed by atoms with Gasteiger partial charge < -0.3 is 11.1 Å². The Labute approximate surface area is 116 Å². The Morgan fingerprint density at radius 2 is 2.00 bits per heavy atom. The van der Waals surface area contributed by atoms with E-state index in [-0.39, 0.29) is 29.3 Å². The third kappa shape index (κ3) is 3.39. The largest absolute Gasteiger partial charge is 0.327 e. The summed E-state index contributed by atoms with van der Waals surface area (Å²) in [5.74, 6) is 0.0644. The lowest BCUT2D eigenvalue weighted by Gasteiger charge is -2.10. The number of halogens is 1. The van der Waals surface area contributed by atoms with E-state index in [1.165, 1.54) is 0 Å². The molecule has 0 aliphatic carbocycles. The number of fused-ring (bicyclic) bond motifs is 1. The number of carbonyl (C=O) groups is 1. The summed E-state index contributed by atoms with van der Waals surface area (Å²) < 4.78 is 0. The molecule has 1 heterocycles. The number of carbonyl (C=O) groups excluding carboxylic acids is 1. The molecule has 0 saturated heterocycles. The van der Waals surface area contributed by atoms with Crippen LogP contribution in [0.5, 0.6) is 0 Å². The number of aromatic nitrogens is 2. The Bertz CT molecular complexity index is 602. The van der Waals surface area contributed by atoms with Gasteiger partial charge in [-0.25, -0.2) is 9.97 Å². The zero-order valence-electron chi connectivity index (χ0n) is 10.6. The lowest BCUT2D eigenvalue weighted by atomic mass is 10.1. The van der Waals surface area contributed by atoms with Crippen molar-refractivity contribution in [2.24, 2.45) is 5.73 Å². The Kier molecular flexibility index (Phi) is 4.29. The highest BCUT2D eigenvalue weighted by Gasteiger charge is 2.12. The molecule has 1 amide bonds. The Balaban J connectivity index is 2.20. The molecule has 0 bridgehead atoms. The summed E-state index contributed by atoms with van der Waals surface area (Å²) in [5.41, 5.74) is 7.10. The SMILES string of the molecule is CCC(N)CC(=O)Nc1nc2ccccc2nc1Cl. The number of rotatable bonds is 4. The van der Waals surface area contributed by atoms with E-state index in [0.29, 0.717) is 11.0 Å². The van der Waals surface area contributed by atoms with Crippen LogP contribution >= 0.6 is 11.6 Å². The van der Waals surface area contributed by atoms with Crippen LogP contribution in [0.25, 0.3) is 11.0 Å². The van der Waals surface area contributed by atoms with E-state index >= 15 is 0 Å². The molecule has 100 valence electrons. The number of anilines is 1. The van der Waals surface area contributed by atoms with Gasteiger partial charge in [0, 0.05) is 12.5 Å². The third-order valence-electron chi connectivity index (χ3n) is 2.76. The molecule has 5 nitrogen and oxygen atoms in total. The van der Waals surface area contributed by atoms with Crippen LogP contribution in [-0.4, -0.2) is 21.9 Å². The fraction of sp³-hybridized carbons (Fsp3) is 0.308. The van der Waals surface area contributed by atoms with Crippen molar-refractivity contribution in [3.63, 3.8) is 0 Å². The maximum Gasteiger partial charge on any atom is 0.227 e. The molecule has 1 atom stereocenters. The first-order valence-corrected chi connectivity index (χ1v) is 6.45. The Morgan fingerprint density at radius 3 is 2.63 bits per heavy atom. The molecule has 0 aliphatic rings. The zero-order chi connectivity index (χ0) is 13.8. The van der Waals surface area contributed by atoms with Crippen molar-refractivity contribution in [2.45, 2.75) is 25.8 Å². The standard InChI is InChI=1S/C13H15ClN4O/c1-2-8(15)7-11(19)18-13-12(14)16-9-5-3-4-6-10(9)17-13/h3-6,8H,2,7,15H2,1H3,(H,17,18,19). The molecule has 3 N–H and O–H groups in total. The minimum Gasteiger partial charge on any atom is -0.327 e. The predicted octanol–water partition coefficient (Wildman–Crippen LogP) is 2.35. The number of nitrogens with zero attached hydrogens (tertiary/aromatic N) is 2. The molecule has 0 saturated carbocycles. The van der Waals surface area contributed by atoms with Gasteiger partial charge in [-0.15, -0.1) is 0 Å². The van der Waals surface area contributed by atoms with Gasteiger partial charge in [0.1, 0.15) is 0 Å². The first-order valence-electron chi connectivity index (χ1n) is 6.08. The number of hydrogen-bond donors (Lipinski definition) is 2. The van der Waals surface area contributed by atoms with Gasteiger partial charge in [-0.3, -0.25) is 4.79 Å². The highest BCUT2D eigenvalue weighted by molar-refractivity contribution is 6.32. The fourth-order valence-corrected chi connectivity index (χ4v) is 1.80. The second kappa shape index (κ2) is 5.95. The minimum atomic E-state index is -0.208. The van der Waals surface area contributed by atoms with E-state index in [2.05, 4.69) is 15.3 Å². The number of nitrogens with one attached hydrogen (secondary N) is 1. The van der Waals surface area contributed by atoms with Crippen molar-refractivity contribution in [2.75, 3.05) is 5.32 Å². The second-order valence-corrected chi connectivity index (χ2v) is 4.63. The fourth-order valence-electron chi connectivity index (χ4n) is 1.62. The minimum absolute atomic E-state index is 0.160. The van der Waals surface area contributed by atoms with E-state index in [4.69, 9.17) is 17.3 Å². The van der Waals surface area contributed by atoms with Gasteiger partial charge in [0.05, 0.1) is 11.0 Å². The van der Waals surface area contributed by atoms with E-state index in [0.717, 1.165) is 6.42 Å². The van der Waals surface area contributed by atoms with Gasteiger partial charge in [-0.05, 0) is 18.6 Å². The van der Waals surface area contributed by atoms with Gasteiger partial charge in [-0.1, -0.05) is 30.7 Å². The van der Waals surface area contributed by atoms with E-state index < -0.39 is 0 Å². The Morgan fingerprint density at radius 1 is 1.37 bits per heavy atom. The maximum absolute atomic E-state index is 11.8. The third-order valence-corrected chi connectivity index (χ3v) is 3.02. The maximum atomic E-state index is 11.8. The van der Waals surface area contributed by atoms with Crippen LogP contribution in [0, 0.1) is 0 Å². The van der Waals surface area contributed by atoms with Gasteiger partial charge in [0.15, 0.2) is 11.0 Å². The summed E-state index contributed by atoms with van der Waals surface area (Å²) >= 11 is 6.00. The van der Waals surface area contributed by atoms with Crippen LogP contribution < -0.4 is 11.1 Å². The number of nitrogens with two attached hydrogens (primary N) is 1. The molecular weight excluding hydrogens is 264 g/mol. The van der Waals surface area contributed by atoms with Crippen molar-refractivity contribution in [1.29, 1.82) is 0 Å². The van der Waals surface area contributed by atoms with Crippen molar-refractivity contribution in [1.82, 2.24) is 9.97 Å². The quantitative estimate of drug-likeness (QED) is 0.899. The predicted molar refractivity (Wildman–Crippen MR) is 76.1 cm³/mol. The smallest absolute Gasteiger partial charge is 0.227 e. The summed E-state index contributed by atoms with van der Waals surface area (Å²) in [4.78, 5) is 20.2. The van der Waals surface area contributed by atoms with Crippen LogP contribution in [0.1, 0.15) is 19.8 Å². The molecular formula is C13H15ClN4O. The number of benzene rings is 1. The molecule has 0 aliphatic heterocycles. The van der Waals surface area contributed by atoms with Crippen molar-refractivity contribution < 1.29 is 4.79 Å². The normalized spacial score (nSPS) is 12.4. The summed E-state index contributed by atoms with van der Waals surface area (Å²) in [6, 6.07) is 7.17. The van der Waals surface area contributed by atoms with Gasteiger partial charge in [-0.2, -0.15) is 0 Å². The highest BCUT2D eigenvalue weighted by atomic mass is 35.5. The lowest BCUT2D eigenvalue weighted by molar-refractivity contribution is -0.116. The Hall–Kier alpha value is -1.72. The highest BCUT2D eigenvalue weighted by Crippen LogP contribution is 2.21. The monoisotopic (exact) mass is 278 g/mol. The van der Waals surface area contributed by atoms with Crippen LogP contribution in [0.3, 0.4) is 0 Å². The zero-order valence-corrected chi connectivity index (χ0v) is 11.3. The molecule has 6 heteroatoms. The van der Waals surface area contributed by atoms with Crippen molar-refractivity contribution >= 4 is 34.4 Å². The van der Waals surface area contributed by atoms with E-state index in [1.54, 1.807) is 0 Å². The average molecular weight is 279 g/mol. The summed E-state index contributed by atoms with van der Waals surface area (Å²) in [6.45, 7) is 1.93. The van der Waals surface area contributed by atoms with E-state index in [9.17, 15) is 4.79 Å². The lowest BCUT2D eigenvalue weighted by Crippen LogP contribution is -2.26. The molecule has 0 radical (unpaired) electrons. The molecule has 0 fully saturated rings. The van der Waals surface area contributed by atoms with Crippen LogP contribution in [0.4, 0.5) is 5.82 Å². The molecule has 1 aromatic carbocycles. The molecule has 1 aromatic heterocycles. The van der Waals surface area contributed by atoms with Crippen LogP contribution in [0.2, 0.25) is 5.15 Å². The van der Waals surface area contributed by atoms with Gasteiger partial charge >= 0.3 is 0 Å². The van der Waals surface area contributed by atoms with Crippen LogP contribution in [0.15, 0.2) is 24.3 Å². The molecule has 1 unspecified atom stereocenters. The summed E-state index contributed by atoms with van der Waals surface area (Å²) in [7, 11) is 0. The van der Waals surface area contributed by atoms with Gasteiger partial charge in [0.25, 0.3) is 0 Å².